The third-order valence-electron chi connectivity index (χ3n) is 9.34. The topological polar surface area (TPSA) is 127 Å². The molecule has 5 aromatic rings. The van der Waals surface area contributed by atoms with Gasteiger partial charge in [0.15, 0.2) is 5.58 Å². The summed E-state index contributed by atoms with van der Waals surface area (Å²) in [6.07, 6.45) is 1.53. The van der Waals surface area contributed by atoms with Gasteiger partial charge in [0.05, 0.1) is 23.8 Å². The Morgan fingerprint density at radius 1 is 1.04 bits per heavy atom. The molecule has 3 aromatic carbocycles. The summed E-state index contributed by atoms with van der Waals surface area (Å²) >= 11 is 1.74. The van der Waals surface area contributed by atoms with Crippen molar-refractivity contribution in [1.29, 1.82) is 5.26 Å². The van der Waals surface area contributed by atoms with E-state index >= 15 is 0 Å². The summed E-state index contributed by atoms with van der Waals surface area (Å²) in [6, 6.07) is 18.5. The van der Waals surface area contributed by atoms with E-state index in [0.29, 0.717) is 55.2 Å². The number of hydrogen-bond donors (Lipinski definition) is 2. The van der Waals surface area contributed by atoms with Crippen LogP contribution in [0.5, 0.6) is 0 Å². The summed E-state index contributed by atoms with van der Waals surface area (Å²) in [5.41, 5.74) is 9.94. The lowest BCUT2D eigenvalue weighted by atomic mass is 9.91. The molecule has 1 fully saturated rings. The first kappa shape index (κ1) is 30.3. The molecule has 0 bridgehead atoms. The zero-order valence-corrected chi connectivity index (χ0v) is 26.7. The van der Waals surface area contributed by atoms with E-state index in [1.54, 1.807) is 11.3 Å². The number of carbonyl (C=O) groups is 1. The first-order chi connectivity index (χ1) is 22.3. The molecule has 4 heterocycles. The van der Waals surface area contributed by atoms with Crippen LogP contribution in [0.15, 0.2) is 52.9 Å². The average Bonchev–Trinajstić information content (AvgIpc) is 3.80. The number of rotatable bonds is 8. The zero-order chi connectivity index (χ0) is 31.9. The van der Waals surface area contributed by atoms with Crippen molar-refractivity contribution in [2.75, 3.05) is 32.8 Å². The number of carboxylic acid groups (broad SMARTS) is 1. The third-order valence-corrected chi connectivity index (χ3v) is 10.5. The molecule has 10 heteroatoms. The van der Waals surface area contributed by atoms with Crippen LogP contribution in [0, 0.1) is 31.1 Å². The van der Waals surface area contributed by atoms with Crippen LogP contribution in [0.2, 0.25) is 0 Å². The maximum atomic E-state index is 11.4. The molecule has 234 valence electrons. The fraction of sp³-hybridized carbons (Fsp3) is 0.333. The van der Waals surface area contributed by atoms with Crippen LogP contribution in [-0.2, 0) is 24.3 Å². The van der Waals surface area contributed by atoms with Gasteiger partial charge < -0.3 is 14.6 Å². The van der Waals surface area contributed by atoms with Crippen molar-refractivity contribution in [3.8, 4) is 39.2 Å². The van der Waals surface area contributed by atoms with Crippen molar-refractivity contribution >= 4 is 28.4 Å². The SMILES string of the molecule is Cc1c(-c2nc3cc(CN4CC[C@H](C(=O)O)C4)cc(C#N)c3o2)cccc1-c1cccc(-c2nc3c(s2)CN(CCO)CC3)c1C. The maximum absolute atomic E-state index is 11.4. The van der Waals surface area contributed by atoms with Crippen molar-refractivity contribution in [1.82, 2.24) is 19.8 Å². The summed E-state index contributed by atoms with van der Waals surface area (Å²) in [4.78, 5) is 27.0. The Kier molecular flexibility index (Phi) is 8.17. The Bertz CT molecular complexity index is 2010. The monoisotopic (exact) mass is 633 g/mol. The quantitative estimate of drug-likeness (QED) is 0.211. The van der Waals surface area contributed by atoms with Crippen LogP contribution < -0.4 is 0 Å². The molecule has 0 amide bonds. The van der Waals surface area contributed by atoms with Gasteiger partial charge in [0, 0.05) is 55.1 Å². The number of aliphatic carboxylic acids is 1. The second-order valence-corrected chi connectivity index (χ2v) is 13.4. The van der Waals surface area contributed by atoms with Crippen molar-refractivity contribution in [2.24, 2.45) is 5.92 Å². The summed E-state index contributed by atoms with van der Waals surface area (Å²) in [5.74, 6) is -0.652. The number of thiazole rings is 1. The number of nitriles is 1. The van der Waals surface area contributed by atoms with Crippen LogP contribution >= 0.6 is 11.3 Å². The minimum absolute atomic E-state index is 0.167. The summed E-state index contributed by atoms with van der Waals surface area (Å²) < 4.78 is 6.26. The number of carboxylic acids is 1. The summed E-state index contributed by atoms with van der Waals surface area (Å²) in [7, 11) is 0. The second-order valence-electron chi connectivity index (χ2n) is 12.3. The molecule has 2 aliphatic heterocycles. The number of oxazole rings is 1. The standard InChI is InChI=1S/C36H35N5O4S/c1-21-26(27-6-4-8-29(22(27)2)35-39-30-10-12-40(13-14-42)20-32(30)46-35)5-3-7-28(21)34-38-31-16-23(15-25(17-37)33(31)45-34)18-41-11-9-24(19-41)36(43)44/h3-8,15-16,24,42H,9-14,18-20H2,1-2H3,(H,43,44)/t24-/m0/s1. The van der Waals surface area contributed by atoms with Crippen LogP contribution in [0.25, 0.3) is 44.3 Å². The van der Waals surface area contributed by atoms with Gasteiger partial charge >= 0.3 is 5.97 Å². The number of benzene rings is 3. The maximum Gasteiger partial charge on any atom is 0.307 e. The van der Waals surface area contributed by atoms with E-state index in [1.807, 2.05) is 24.3 Å². The van der Waals surface area contributed by atoms with E-state index < -0.39 is 5.97 Å². The molecule has 0 aliphatic carbocycles. The fourth-order valence-corrected chi connectivity index (χ4v) is 8.06. The van der Waals surface area contributed by atoms with Crippen molar-refractivity contribution in [3.05, 3.63) is 81.4 Å². The number of fused-ring (bicyclic) bond motifs is 2. The Balaban J connectivity index is 1.20. The Morgan fingerprint density at radius 3 is 2.50 bits per heavy atom. The van der Waals surface area contributed by atoms with Crippen LogP contribution in [0.3, 0.4) is 0 Å². The molecule has 2 aromatic heterocycles. The smallest absolute Gasteiger partial charge is 0.307 e. The number of aromatic nitrogens is 2. The highest BCUT2D eigenvalue weighted by atomic mass is 32.1. The Hall–Kier alpha value is -4.40. The minimum atomic E-state index is -0.760. The van der Waals surface area contributed by atoms with Crippen LogP contribution in [0.1, 0.15) is 39.2 Å². The van der Waals surface area contributed by atoms with Gasteiger partial charge in [-0.05, 0) is 72.8 Å². The van der Waals surface area contributed by atoms with Crippen LogP contribution in [-0.4, -0.2) is 68.7 Å². The number of aliphatic hydroxyl groups excluding tert-OH is 1. The molecule has 2 N–H and O–H groups in total. The highest BCUT2D eigenvalue weighted by molar-refractivity contribution is 7.15. The predicted octanol–water partition coefficient (Wildman–Crippen LogP) is 6.03. The van der Waals surface area contributed by atoms with Gasteiger partial charge in [-0.15, -0.1) is 11.3 Å². The first-order valence-corrected chi connectivity index (χ1v) is 16.5. The zero-order valence-electron chi connectivity index (χ0n) is 25.9. The lowest BCUT2D eigenvalue weighted by Gasteiger charge is -2.24. The molecule has 0 radical (unpaired) electrons. The molecule has 0 spiro atoms. The first-order valence-electron chi connectivity index (χ1n) is 15.6. The Morgan fingerprint density at radius 2 is 1.78 bits per heavy atom. The Labute approximate surface area is 271 Å². The predicted molar refractivity (Wildman–Crippen MR) is 177 cm³/mol. The van der Waals surface area contributed by atoms with E-state index in [4.69, 9.17) is 14.4 Å². The summed E-state index contributed by atoms with van der Waals surface area (Å²) in [6.45, 7) is 8.59. The van der Waals surface area contributed by atoms with E-state index in [0.717, 1.165) is 69.2 Å². The van der Waals surface area contributed by atoms with Gasteiger partial charge in [0.2, 0.25) is 5.89 Å². The van der Waals surface area contributed by atoms with Crippen molar-refractivity contribution < 1.29 is 19.4 Å². The lowest BCUT2D eigenvalue weighted by molar-refractivity contribution is -0.141. The molecule has 1 atom stereocenters. The van der Waals surface area contributed by atoms with Gasteiger partial charge in [0.1, 0.15) is 16.6 Å². The molecule has 0 unspecified atom stereocenters. The van der Waals surface area contributed by atoms with Crippen LogP contribution in [0.4, 0.5) is 0 Å². The van der Waals surface area contributed by atoms with E-state index in [1.165, 1.54) is 4.88 Å². The van der Waals surface area contributed by atoms with Gasteiger partial charge in [0.25, 0.3) is 0 Å². The molecule has 2 aliphatic rings. The number of β-amino-alcohol motifs (C(OH)–C–C–N with tert-alkyl or cyclic N) is 1. The molecule has 9 nitrogen and oxygen atoms in total. The molecule has 46 heavy (non-hydrogen) atoms. The lowest BCUT2D eigenvalue weighted by Crippen LogP contribution is -2.32. The highest BCUT2D eigenvalue weighted by Gasteiger charge is 2.28. The van der Waals surface area contributed by atoms with E-state index in [2.05, 4.69) is 54.0 Å². The molecular formula is C36H35N5O4S. The normalized spacial score (nSPS) is 17.0. The van der Waals surface area contributed by atoms with E-state index in [9.17, 15) is 20.3 Å². The van der Waals surface area contributed by atoms with Crippen molar-refractivity contribution in [3.63, 3.8) is 0 Å². The summed E-state index contributed by atoms with van der Waals surface area (Å²) in [5, 5.41) is 29.7. The molecule has 7 rings (SSSR count). The van der Waals surface area contributed by atoms with Gasteiger partial charge in [-0.2, -0.15) is 5.26 Å². The van der Waals surface area contributed by atoms with Crippen molar-refractivity contribution in [2.45, 2.75) is 39.8 Å². The molecular weight excluding hydrogens is 598 g/mol. The number of hydrogen-bond acceptors (Lipinski definition) is 9. The minimum Gasteiger partial charge on any atom is -0.481 e. The van der Waals surface area contributed by atoms with Gasteiger partial charge in [-0.3, -0.25) is 14.6 Å². The number of aliphatic hydroxyl groups is 1. The second kappa shape index (κ2) is 12.4. The molecule has 1 saturated heterocycles. The highest BCUT2D eigenvalue weighted by Crippen LogP contribution is 2.40. The number of nitrogens with zero attached hydrogens (tertiary/aromatic N) is 5. The van der Waals surface area contributed by atoms with E-state index in [-0.39, 0.29) is 12.5 Å². The average molecular weight is 634 g/mol. The largest absolute Gasteiger partial charge is 0.481 e. The fourth-order valence-electron chi connectivity index (χ4n) is 6.83. The van der Waals surface area contributed by atoms with Gasteiger partial charge in [-0.1, -0.05) is 30.3 Å². The molecule has 0 saturated carbocycles. The van der Waals surface area contributed by atoms with Gasteiger partial charge in [-0.25, -0.2) is 9.97 Å². The number of likely N-dealkylation sites (tertiary alicyclic amines) is 1. The third kappa shape index (κ3) is 5.60.